The Bertz CT molecular complexity index is 197. The molecule has 14 heavy (non-hydrogen) atoms. The van der Waals surface area contributed by atoms with Gasteiger partial charge in [-0.25, -0.2) is 9.10 Å². The zero-order chi connectivity index (χ0) is 10.6. The normalized spacial score (nSPS) is 19.4. The van der Waals surface area contributed by atoms with Crippen molar-refractivity contribution in [2.45, 2.75) is 26.4 Å². The molecule has 0 bridgehead atoms. The number of rotatable bonds is 1. The van der Waals surface area contributed by atoms with Gasteiger partial charge in [-0.2, -0.15) is 0 Å². The third-order valence-corrected chi connectivity index (χ3v) is 2.42. The highest BCUT2D eigenvalue weighted by atomic mass is 32.2. The summed E-state index contributed by atoms with van der Waals surface area (Å²) >= 11 is 1.14. The van der Waals surface area contributed by atoms with Crippen molar-refractivity contribution in [3.63, 3.8) is 0 Å². The molecule has 1 saturated heterocycles. The van der Waals surface area contributed by atoms with Crippen LogP contribution < -0.4 is 0 Å². The Hall–Kier alpha value is -0.260. The van der Waals surface area contributed by atoms with Gasteiger partial charge in [0.1, 0.15) is 5.60 Å². The fraction of sp³-hybridized carbons (Fsp3) is 0.889. The highest BCUT2D eigenvalue weighted by molar-refractivity contribution is 8.11. The van der Waals surface area contributed by atoms with Crippen LogP contribution in [0.4, 0.5) is 4.79 Å². The number of nitrogens with zero attached hydrogens (tertiary/aromatic N) is 1. The first-order valence-corrected chi connectivity index (χ1v) is 5.48. The molecule has 0 saturated carbocycles. The topological polar surface area (TPSA) is 38.8 Å². The predicted octanol–water partition coefficient (Wildman–Crippen LogP) is 1.90. The fourth-order valence-corrected chi connectivity index (χ4v) is 1.84. The molecular weight excluding hydrogens is 202 g/mol. The van der Waals surface area contributed by atoms with Crippen LogP contribution in [0.3, 0.4) is 0 Å². The smallest absolute Gasteiger partial charge is 0.383 e. The Morgan fingerprint density at radius 3 is 2.43 bits per heavy atom. The molecule has 0 atom stereocenters. The van der Waals surface area contributed by atoms with E-state index in [0.717, 1.165) is 25.0 Å². The van der Waals surface area contributed by atoms with Crippen molar-refractivity contribution in [3.8, 4) is 0 Å². The van der Waals surface area contributed by atoms with E-state index in [2.05, 4.69) is 0 Å². The van der Waals surface area contributed by atoms with Crippen LogP contribution in [-0.2, 0) is 9.47 Å². The number of carbonyl (C=O) groups is 1. The molecule has 0 N–H and O–H groups in total. The second kappa shape index (κ2) is 5.00. The molecular formula is C9H17NO3S. The van der Waals surface area contributed by atoms with E-state index in [9.17, 15) is 4.79 Å². The molecule has 0 aliphatic carbocycles. The molecule has 0 unspecified atom stereocenters. The monoisotopic (exact) mass is 219 g/mol. The molecule has 1 aliphatic heterocycles. The number of carbonyl (C=O) groups excluding carboxylic acids is 1. The summed E-state index contributed by atoms with van der Waals surface area (Å²) in [5, 5.41) is -0.237. The van der Waals surface area contributed by atoms with Crippen LogP contribution in [-0.4, -0.2) is 41.5 Å². The van der Waals surface area contributed by atoms with Crippen LogP contribution in [0.2, 0.25) is 0 Å². The lowest BCUT2D eigenvalue weighted by atomic mass is 10.2. The van der Waals surface area contributed by atoms with Crippen molar-refractivity contribution < 1.29 is 14.3 Å². The van der Waals surface area contributed by atoms with Gasteiger partial charge >= 0.3 is 5.30 Å². The first-order valence-electron chi connectivity index (χ1n) is 4.71. The molecule has 0 radical (unpaired) electrons. The second-order valence-electron chi connectivity index (χ2n) is 4.10. The fourth-order valence-electron chi connectivity index (χ4n) is 1.01. The molecule has 0 aromatic heterocycles. The summed E-state index contributed by atoms with van der Waals surface area (Å²) in [6, 6.07) is 0. The van der Waals surface area contributed by atoms with Gasteiger partial charge in [0.05, 0.1) is 13.2 Å². The van der Waals surface area contributed by atoms with Crippen LogP contribution >= 0.6 is 11.9 Å². The van der Waals surface area contributed by atoms with Gasteiger partial charge in [-0.3, -0.25) is 0 Å². The van der Waals surface area contributed by atoms with Crippen LogP contribution in [0, 0.1) is 0 Å². The quantitative estimate of drug-likeness (QED) is 0.497. The van der Waals surface area contributed by atoms with Gasteiger partial charge in [0.25, 0.3) is 0 Å². The Morgan fingerprint density at radius 1 is 1.36 bits per heavy atom. The third kappa shape index (κ3) is 4.83. The summed E-state index contributed by atoms with van der Waals surface area (Å²) in [6.45, 7) is 8.54. The standard InChI is InChI=1S/C9H17NO3S/c1-9(2,3)13-8(11)14-10-4-6-12-7-5-10/h4-7H2,1-3H3. The Labute approximate surface area is 89.1 Å². The number of hydrogen-bond acceptors (Lipinski definition) is 5. The van der Waals surface area contributed by atoms with E-state index in [-0.39, 0.29) is 5.30 Å². The third-order valence-electron chi connectivity index (χ3n) is 1.56. The van der Waals surface area contributed by atoms with E-state index in [4.69, 9.17) is 9.47 Å². The van der Waals surface area contributed by atoms with Gasteiger partial charge < -0.3 is 9.47 Å². The number of ether oxygens (including phenoxy) is 2. The van der Waals surface area contributed by atoms with Crippen LogP contribution in [0.5, 0.6) is 0 Å². The van der Waals surface area contributed by atoms with Crippen LogP contribution in [0.25, 0.3) is 0 Å². The first-order chi connectivity index (χ1) is 6.47. The minimum absolute atomic E-state index is 0.237. The van der Waals surface area contributed by atoms with Crippen molar-refractivity contribution in [2.24, 2.45) is 0 Å². The minimum Gasteiger partial charge on any atom is -0.451 e. The zero-order valence-corrected chi connectivity index (χ0v) is 9.73. The lowest BCUT2D eigenvalue weighted by molar-refractivity contribution is 0.0673. The molecule has 0 aromatic carbocycles. The molecule has 0 aromatic rings. The van der Waals surface area contributed by atoms with Crippen molar-refractivity contribution in [1.82, 2.24) is 4.31 Å². The van der Waals surface area contributed by atoms with Crippen LogP contribution in [0.1, 0.15) is 20.8 Å². The maximum Gasteiger partial charge on any atom is 0.383 e. The van der Waals surface area contributed by atoms with E-state index >= 15 is 0 Å². The maximum absolute atomic E-state index is 11.4. The molecule has 1 rings (SSSR count). The number of hydrogen-bond donors (Lipinski definition) is 0. The summed E-state index contributed by atoms with van der Waals surface area (Å²) in [5.41, 5.74) is -0.406. The van der Waals surface area contributed by atoms with Gasteiger partial charge in [-0.15, -0.1) is 0 Å². The van der Waals surface area contributed by atoms with Gasteiger partial charge in [-0.05, 0) is 20.8 Å². The average molecular weight is 219 g/mol. The van der Waals surface area contributed by atoms with Crippen molar-refractivity contribution >= 4 is 17.2 Å². The molecule has 1 aliphatic rings. The SMILES string of the molecule is CC(C)(C)OC(=O)SN1CCOCC1. The summed E-state index contributed by atoms with van der Waals surface area (Å²) < 4.78 is 12.3. The molecule has 1 heterocycles. The summed E-state index contributed by atoms with van der Waals surface area (Å²) in [6.07, 6.45) is 0. The van der Waals surface area contributed by atoms with Crippen molar-refractivity contribution in [3.05, 3.63) is 0 Å². The van der Waals surface area contributed by atoms with E-state index in [1.54, 1.807) is 0 Å². The molecule has 5 heteroatoms. The van der Waals surface area contributed by atoms with E-state index in [1.807, 2.05) is 25.1 Å². The lowest BCUT2D eigenvalue weighted by Crippen LogP contribution is -2.33. The molecule has 0 amide bonds. The molecule has 1 fully saturated rings. The largest absolute Gasteiger partial charge is 0.451 e. The van der Waals surface area contributed by atoms with E-state index in [1.165, 1.54) is 0 Å². The molecule has 4 nitrogen and oxygen atoms in total. The average Bonchev–Trinajstić information content (AvgIpc) is 2.02. The van der Waals surface area contributed by atoms with E-state index in [0.29, 0.717) is 13.2 Å². The van der Waals surface area contributed by atoms with Gasteiger partial charge in [0.2, 0.25) is 0 Å². The van der Waals surface area contributed by atoms with Crippen molar-refractivity contribution in [2.75, 3.05) is 26.3 Å². The lowest BCUT2D eigenvalue weighted by Gasteiger charge is -2.26. The summed E-state index contributed by atoms with van der Waals surface area (Å²) in [5.74, 6) is 0. The number of morpholine rings is 1. The van der Waals surface area contributed by atoms with Gasteiger partial charge in [0, 0.05) is 25.0 Å². The predicted molar refractivity (Wildman–Crippen MR) is 56.2 cm³/mol. The van der Waals surface area contributed by atoms with Crippen LogP contribution in [0.15, 0.2) is 0 Å². The summed E-state index contributed by atoms with van der Waals surface area (Å²) in [4.78, 5) is 11.4. The van der Waals surface area contributed by atoms with Gasteiger partial charge in [-0.1, -0.05) is 0 Å². The summed E-state index contributed by atoms with van der Waals surface area (Å²) in [7, 11) is 0. The van der Waals surface area contributed by atoms with E-state index < -0.39 is 5.60 Å². The Balaban J connectivity index is 2.25. The minimum atomic E-state index is -0.406. The highest BCUT2D eigenvalue weighted by Crippen LogP contribution is 2.19. The highest BCUT2D eigenvalue weighted by Gasteiger charge is 2.21. The molecule has 0 spiro atoms. The zero-order valence-electron chi connectivity index (χ0n) is 8.91. The maximum atomic E-state index is 11.4. The first kappa shape index (κ1) is 11.8. The van der Waals surface area contributed by atoms with Crippen molar-refractivity contribution in [1.29, 1.82) is 0 Å². The Kier molecular flexibility index (Phi) is 4.22. The Morgan fingerprint density at radius 2 is 1.93 bits per heavy atom. The van der Waals surface area contributed by atoms with Gasteiger partial charge in [0.15, 0.2) is 0 Å². The molecule has 82 valence electrons. The second-order valence-corrected chi connectivity index (χ2v) is 5.13.